The lowest BCUT2D eigenvalue weighted by Crippen LogP contribution is -2.33. The van der Waals surface area contributed by atoms with E-state index in [1.54, 1.807) is 17.5 Å². The van der Waals surface area contributed by atoms with Crippen molar-refractivity contribution < 1.29 is 4.79 Å². The van der Waals surface area contributed by atoms with Crippen molar-refractivity contribution in [3.8, 4) is 6.07 Å². The van der Waals surface area contributed by atoms with Crippen LogP contribution in [0, 0.1) is 30.1 Å². The number of nitrogens with zero attached hydrogens (tertiary/aromatic N) is 4. The average Bonchev–Trinajstić information content (AvgIpc) is 3.28. The molecule has 2 atom stereocenters. The first-order valence-corrected chi connectivity index (χ1v) is 8.92. The second kappa shape index (κ2) is 5.91. The maximum atomic E-state index is 12.6. The van der Waals surface area contributed by atoms with Gasteiger partial charge in [-0.05, 0) is 31.2 Å². The Bertz CT molecular complexity index is 793. The highest BCUT2D eigenvalue weighted by atomic mass is 32.1. The molecule has 4 rings (SSSR count). The fourth-order valence-electron chi connectivity index (χ4n) is 3.69. The number of carbonyl (C=O) groups is 1. The molecule has 24 heavy (non-hydrogen) atoms. The number of thiophene rings is 1. The van der Waals surface area contributed by atoms with Crippen molar-refractivity contribution in [2.45, 2.75) is 6.92 Å². The van der Waals surface area contributed by atoms with Gasteiger partial charge in [-0.3, -0.25) is 4.79 Å². The van der Waals surface area contributed by atoms with E-state index in [0.29, 0.717) is 17.4 Å². The quantitative estimate of drug-likeness (QED) is 0.844. The number of pyridine rings is 1. The summed E-state index contributed by atoms with van der Waals surface area (Å²) in [5.41, 5.74) is 0.584. The maximum absolute atomic E-state index is 12.6. The first kappa shape index (κ1) is 15.2. The summed E-state index contributed by atoms with van der Waals surface area (Å²) in [6.45, 7) is 5.54. The van der Waals surface area contributed by atoms with Crippen LogP contribution in [-0.4, -0.2) is 42.0 Å². The standard InChI is InChI=1S/C18H18N4OS/c1-12-2-4-16(24-12)18(23)22-10-14-8-21(9-15(14)11-22)17-5-3-13(6-19)7-20-17/h2-5,7,14-15H,8-11H2,1H3. The van der Waals surface area contributed by atoms with Gasteiger partial charge in [0.25, 0.3) is 5.91 Å². The van der Waals surface area contributed by atoms with Crippen LogP contribution >= 0.6 is 11.3 Å². The summed E-state index contributed by atoms with van der Waals surface area (Å²) in [6, 6.07) is 9.76. The fraction of sp³-hybridized carbons (Fsp3) is 0.389. The van der Waals surface area contributed by atoms with Gasteiger partial charge in [0.2, 0.25) is 0 Å². The second-order valence-electron chi connectivity index (χ2n) is 6.56. The van der Waals surface area contributed by atoms with Gasteiger partial charge in [0.1, 0.15) is 11.9 Å². The topological polar surface area (TPSA) is 60.2 Å². The largest absolute Gasteiger partial charge is 0.356 e. The number of anilines is 1. The highest BCUT2D eigenvalue weighted by Gasteiger charge is 2.42. The SMILES string of the molecule is Cc1ccc(C(=O)N2CC3CN(c4ccc(C#N)cn4)CC3C2)s1. The lowest BCUT2D eigenvalue weighted by Gasteiger charge is -2.22. The van der Waals surface area contributed by atoms with Crippen LogP contribution in [0.3, 0.4) is 0 Å². The molecule has 4 heterocycles. The molecule has 1 amide bonds. The van der Waals surface area contributed by atoms with E-state index in [4.69, 9.17) is 5.26 Å². The highest BCUT2D eigenvalue weighted by molar-refractivity contribution is 7.13. The highest BCUT2D eigenvalue weighted by Crippen LogP contribution is 2.34. The van der Waals surface area contributed by atoms with Crippen molar-refractivity contribution in [3.63, 3.8) is 0 Å². The van der Waals surface area contributed by atoms with Gasteiger partial charge in [0.15, 0.2) is 0 Å². The molecule has 0 N–H and O–H groups in total. The van der Waals surface area contributed by atoms with E-state index in [0.717, 1.165) is 36.9 Å². The van der Waals surface area contributed by atoms with Gasteiger partial charge in [0, 0.05) is 49.1 Å². The van der Waals surface area contributed by atoms with Crippen LogP contribution in [0.4, 0.5) is 5.82 Å². The van der Waals surface area contributed by atoms with Crippen LogP contribution in [0.25, 0.3) is 0 Å². The third-order valence-electron chi connectivity index (χ3n) is 4.93. The van der Waals surface area contributed by atoms with E-state index in [2.05, 4.69) is 16.0 Å². The van der Waals surface area contributed by atoms with Crippen LogP contribution in [0.15, 0.2) is 30.5 Å². The van der Waals surface area contributed by atoms with Gasteiger partial charge in [0.05, 0.1) is 10.4 Å². The summed E-state index contributed by atoms with van der Waals surface area (Å²) < 4.78 is 0. The molecular weight excluding hydrogens is 320 g/mol. The Balaban J connectivity index is 1.41. The zero-order valence-corrected chi connectivity index (χ0v) is 14.3. The third kappa shape index (κ3) is 2.65. The van der Waals surface area contributed by atoms with Crippen molar-refractivity contribution >= 4 is 23.1 Å². The van der Waals surface area contributed by atoms with Crippen molar-refractivity contribution in [1.82, 2.24) is 9.88 Å². The van der Waals surface area contributed by atoms with Gasteiger partial charge >= 0.3 is 0 Å². The Morgan fingerprint density at radius 2 is 1.96 bits per heavy atom. The Morgan fingerprint density at radius 1 is 1.21 bits per heavy atom. The summed E-state index contributed by atoms with van der Waals surface area (Å²) in [5, 5.41) is 8.86. The molecule has 6 heteroatoms. The molecule has 5 nitrogen and oxygen atoms in total. The molecule has 0 spiro atoms. The first-order chi connectivity index (χ1) is 11.6. The van der Waals surface area contributed by atoms with E-state index in [1.807, 2.05) is 36.1 Å². The minimum atomic E-state index is 0.172. The van der Waals surface area contributed by atoms with Gasteiger partial charge < -0.3 is 9.80 Å². The van der Waals surface area contributed by atoms with Crippen LogP contribution in [0.2, 0.25) is 0 Å². The maximum Gasteiger partial charge on any atom is 0.263 e. The van der Waals surface area contributed by atoms with E-state index in [1.165, 1.54) is 4.88 Å². The minimum absolute atomic E-state index is 0.172. The summed E-state index contributed by atoms with van der Waals surface area (Å²) in [5.74, 6) is 2.11. The number of carbonyl (C=O) groups excluding carboxylic acids is 1. The predicted octanol–water partition coefficient (Wildman–Crippen LogP) is 2.53. The number of amides is 1. The Labute approximate surface area is 145 Å². The molecule has 122 valence electrons. The van der Waals surface area contributed by atoms with Gasteiger partial charge in [-0.1, -0.05) is 0 Å². The number of hydrogen-bond acceptors (Lipinski definition) is 5. The van der Waals surface area contributed by atoms with Crippen LogP contribution in [0.5, 0.6) is 0 Å². The average molecular weight is 338 g/mol. The summed E-state index contributed by atoms with van der Waals surface area (Å²) in [7, 11) is 0. The molecule has 2 aromatic rings. The summed E-state index contributed by atoms with van der Waals surface area (Å²) in [6.07, 6.45) is 1.62. The Morgan fingerprint density at radius 3 is 2.50 bits per heavy atom. The Hall–Kier alpha value is -2.39. The van der Waals surface area contributed by atoms with Gasteiger partial charge in [-0.15, -0.1) is 11.3 Å². The van der Waals surface area contributed by atoms with E-state index in [9.17, 15) is 4.79 Å². The number of rotatable bonds is 2. The Kier molecular flexibility index (Phi) is 3.73. The molecule has 2 aromatic heterocycles. The predicted molar refractivity (Wildman–Crippen MR) is 93.1 cm³/mol. The number of hydrogen-bond donors (Lipinski definition) is 0. The number of aryl methyl sites for hydroxylation is 1. The van der Waals surface area contributed by atoms with Crippen molar-refractivity contribution in [3.05, 3.63) is 45.8 Å². The molecule has 2 aliphatic rings. The monoisotopic (exact) mass is 338 g/mol. The zero-order chi connectivity index (χ0) is 16.7. The molecule has 2 fully saturated rings. The normalized spacial score (nSPS) is 22.5. The lowest BCUT2D eigenvalue weighted by atomic mass is 10.0. The van der Waals surface area contributed by atoms with Gasteiger partial charge in [-0.2, -0.15) is 5.26 Å². The number of aromatic nitrogens is 1. The van der Waals surface area contributed by atoms with Crippen LogP contribution in [0.1, 0.15) is 20.1 Å². The number of nitriles is 1. The fourth-order valence-corrected chi connectivity index (χ4v) is 4.53. The molecule has 0 aliphatic carbocycles. The number of likely N-dealkylation sites (tertiary alicyclic amines) is 1. The van der Waals surface area contributed by atoms with E-state index in [-0.39, 0.29) is 5.91 Å². The van der Waals surface area contributed by atoms with Gasteiger partial charge in [-0.25, -0.2) is 4.98 Å². The molecule has 0 bridgehead atoms. The first-order valence-electron chi connectivity index (χ1n) is 8.11. The smallest absolute Gasteiger partial charge is 0.263 e. The molecule has 2 unspecified atom stereocenters. The third-order valence-corrected chi connectivity index (χ3v) is 5.91. The van der Waals surface area contributed by atoms with Crippen molar-refractivity contribution in [2.75, 3.05) is 31.1 Å². The molecule has 0 saturated carbocycles. The molecular formula is C18H18N4OS. The minimum Gasteiger partial charge on any atom is -0.356 e. The second-order valence-corrected chi connectivity index (χ2v) is 7.85. The van der Waals surface area contributed by atoms with E-state index < -0.39 is 0 Å². The molecule has 2 aliphatic heterocycles. The van der Waals surface area contributed by atoms with E-state index >= 15 is 0 Å². The molecule has 0 aromatic carbocycles. The van der Waals surface area contributed by atoms with Crippen LogP contribution < -0.4 is 4.90 Å². The van der Waals surface area contributed by atoms with Crippen molar-refractivity contribution in [2.24, 2.45) is 11.8 Å². The lowest BCUT2D eigenvalue weighted by molar-refractivity contribution is 0.0787. The number of fused-ring (bicyclic) bond motifs is 1. The van der Waals surface area contributed by atoms with Crippen molar-refractivity contribution in [1.29, 1.82) is 5.26 Å². The zero-order valence-electron chi connectivity index (χ0n) is 13.5. The van der Waals surface area contributed by atoms with Crippen LogP contribution in [-0.2, 0) is 0 Å². The molecule has 2 saturated heterocycles. The molecule has 0 radical (unpaired) electrons. The summed E-state index contributed by atoms with van der Waals surface area (Å²) >= 11 is 1.57. The summed E-state index contributed by atoms with van der Waals surface area (Å²) in [4.78, 5) is 23.3.